The maximum absolute atomic E-state index is 12.5. The number of aryl methyl sites for hydroxylation is 1. The van der Waals surface area contributed by atoms with Gasteiger partial charge in [-0.1, -0.05) is 6.92 Å². The molecule has 0 bridgehead atoms. The zero-order valence-corrected chi connectivity index (χ0v) is 12.4. The Labute approximate surface area is 120 Å². The van der Waals surface area contributed by atoms with Crippen LogP contribution in [0.4, 0.5) is 0 Å². The van der Waals surface area contributed by atoms with Gasteiger partial charge in [-0.15, -0.1) is 11.3 Å². The molecule has 0 aromatic carbocycles. The standard InChI is InChI=1S/C13H17NO3S2/c1-2-10-3-4-11(19-10)13(17)14-5-6-18-8-9(14)7-12(15)16/h3-4,9H,2,5-8H2,1H3,(H,15,16). The minimum absolute atomic E-state index is 0.0174. The van der Waals surface area contributed by atoms with E-state index < -0.39 is 5.97 Å². The van der Waals surface area contributed by atoms with Crippen molar-refractivity contribution in [3.05, 3.63) is 21.9 Å². The van der Waals surface area contributed by atoms with Crippen LogP contribution in [0.1, 0.15) is 27.9 Å². The molecule has 0 radical (unpaired) electrons. The SMILES string of the molecule is CCc1ccc(C(=O)N2CCSCC2CC(=O)O)s1. The molecule has 1 aliphatic rings. The Hall–Kier alpha value is -1.01. The van der Waals surface area contributed by atoms with E-state index in [0.717, 1.165) is 17.1 Å². The van der Waals surface area contributed by atoms with E-state index in [1.165, 1.54) is 16.2 Å². The lowest BCUT2D eigenvalue weighted by Crippen LogP contribution is -2.46. The number of carbonyl (C=O) groups is 2. The van der Waals surface area contributed by atoms with Gasteiger partial charge in [-0.2, -0.15) is 11.8 Å². The number of nitrogens with zero attached hydrogens (tertiary/aromatic N) is 1. The van der Waals surface area contributed by atoms with Crippen LogP contribution in [0.25, 0.3) is 0 Å². The molecule has 1 aromatic heterocycles. The first-order valence-electron chi connectivity index (χ1n) is 6.31. The summed E-state index contributed by atoms with van der Waals surface area (Å²) < 4.78 is 0. The van der Waals surface area contributed by atoms with Crippen molar-refractivity contribution >= 4 is 35.0 Å². The summed E-state index contributed by atoms with van der Waals surface area (Å²) in [6, 6.07) is 3.64. The minimum atomic E-state index is -0.842. The quantitative estimate of drug-likeness (QED) is 0.927. The third kappa shape index (κ3) is 3.51. The molecule has 1 N–H and O–H groups in total. The van der Waals surface area contributed by atoms with Crippen LogP contribution in [0.5, 0.6) is 0 Å². The summed E-state index contributed by atoms with van der Waals surface area (Å²) in [5.41, 5.74) is 0. The molecule has 1 fully saturated rings. The molecule has 0 saturated carbocycles. The Morgan fingerprint density at radius 3 is 2.89 bits per heavy atom. The summed E-state index contributed by atoms with van der Waals surface area (Å²) in [4.78, 5) is 27.0. The lowest BCUT2D eigenvalue weighted by Gasteiger charge is -2.34. The normalized spacial score (nSPS) is 19.4. The number of amides is 1. The van der Waals surface area contributed by atoms with Crippen LogP contribution in [0.2, 0.25) is 0 Å². The zero-order chi connectivity index (χ0) is 13.8. The van der Waals surface area contributed by atoms with Crippen molar-refractivity contribution in [3.63, 3.8) is 0 Å². The van der Waals surface area contributed by atoms with Crippen molar-refractivity contribution < 1.29 is 14.7 Å². The van der Waals surface area contributed by atoms with Crippen molar-refractivity contribution in [2.45, 2.75) is 25.8 Å². The highest BCUT2D eigenvalue weighted by atomic mass is 32.2. The molecule has 19 heavy (non-hydrogen) atoms. The first-order chi connectivity index (χ1) is 9.11. The Balaban J connectivity index is 2.12. The van der Waals surface area contributed by atoms with Crippen molar-refractivity contribution in [3.8, 4) is 0 Å². The maximum atomic E-state index is 12.5. The van der Waals surface area contributed by atoms with Crippen molar-refractivity contribution in [1.82, 2.24) is 4.90 Å². The molecule has 0 spiro atoms. The van der Waals surface area contributed by atoms with Gasteiger partial charge in [-0.05, 0) is 18.6 Å². The predicted octanol–water partition coefficient (Wildman–Crippen LogP) is 2.34. The topological polar surface area (TPSA) is 57.6 Å². The van der Waals surface area contributed by atoms with E-state index in [1.54, 1.807) is 16.7 Å². The molecule has 2 rings (SSSR count). The summed E-state index contributed by atoms with van der Waals surface area (Å²) in [5.74, 6) is 0.736. The van der Waals surface area contributed by atoms with E-state index in [0.29, 0.717) is 12.3 Å². The summed E-state index contributed by atoms with van der Waals surface area (Å²) in [7, 11) is 0. The van der Waals surface area contributed by atoms with Gasteiger partial charge in [0.2, 0.25) is 0 Å². The van der Waals surface area contributed by atoms with E-state index in [9.17, 15) is 9.59 Å². The van der Waals surface area contributed by atoms with Crippen LogP contribution in [0.3, 0.4) is 0 Å². The van der Waals surface area contributed by atoms with Crippen molar-refractivity contribution in [2.24, 2.45) is 0 Å². The van der Waals surface area contributed by atoms with E-state index in [1.807, 2.05) is 12.1 Å². The summed E-state index contributed by atoms with van der Waals surface area (Å²) in [5, 5.41) is 8.93. The van der Waals surface area contributed by atoms with E-state index in [4.69, 9.17) is 5.11 Å². The lowest BCUT2D eigenvalue weighted by atomic mass is 10.2. The van der Waals surface area contributed by atoms with Crippen LogP contribution >= 0.6 is 23.1 Å². The van der Waals surface area contributed by atoms with Crippen molar-refractivity contribution in [2.75, 3.05) is 18.1 Å². The number of thioether (sulfide) groups is 1. The molecule has 1 aromatic rings. The third-order valence-corrected chi connectivity index (χ3v) is 5.43. The van der Waals surface area contributed by atoms with Crippen LogP contribution in [0.15, 0.2) is 12.1 Å². The smallest absolute Gasteiger partial charge is 0.305 e. The summed E-state index contributed by atoms with van der Waals surface area (Å²) >= 11 is 3.23. The average Bonchev–Trinajstić information content (AvgIpc) is 2.86. The highest BCUT2D eigenvalue weighted by Crippen LogP contribution is 2.24. The molecule has 1 saturated heterocycles. The zero-order valence-electron chi connectivity index (χ0n) is 10.8. The third-order valence-electron chi connectivity index (χ3n) is 3.12. The molecule has 1 unspecified atom stereocenters. The molecule has 1 aliphatic heterocycles. The van der Waals surface area contributed by atoms with Crippen LogP contribution < -0.4 is 0 Å². The Kier molecular flexibility index (Phi) is 4.87. The van der Waals surface area contributed by atoms with Crippen molar-refractivity contribution in [1.29, 1.82) is 0 Å². The van der Waals surface area contributed by atoms with E-state index in [2.05, 4.69) is 6.92 Å². The molecule has 4 nitrogen and oxygen atoms in total. The highest BCUT2D eigenvalue weighted by Gasteiger charge is 2.30. The van der Waals surface area contributed by atoms with Gasteiger partial charge < -0.3 is 10.0 Å². The van der Waals surface area contributed by atoms with E-state index in [-0.39, 0.29) is 18.4 Å². The number of carbonyl (C=O) groups excluding carboxylic acids is 1. The molecule has 2 heterocycles. The first kappa shape index (κ1) is 14.4. The monoisotopic (exact) mass is 299 g/mol. The number of hydrogen-bond donors (Lipinski definition) is 1. The predicted molar refractivity (Wildman–Crippen MR) is 78.1 cm³/mol. The second-order valence-corrected chi connectivity index (χ2v) is 6.76. The fourth-order valence-electron chi connectivity index (χ4n) is 2.12. The Bertz CT molecular complexity index is 472. The fraction of sp³-hybridized carbons (Fsp3) is 0.538. The molecule has 1 atom stereocenters. The number of carboxylic acids is 1. The largest absolute Gasteiger partial charge is 0.481 e. The molecule has 1 amide bonds. The lowest BCUT2D eigenvalue weighted by molar-refractivity contribution is -0.138. The van der Waals surface area contributed by atoms with Gasteiger partial charge in [0.15, 0.2) is 0 Å². The van der Waals surface area contributed by atoms with Gasteiger partial charge in [0.05, 0.1) is 17.3 Å². The van der Waals surface area contributed by atoms with Gasteiger partial charge >= 0.3 is 5.97 Å². The fourth-order valence-corrected chi connectivity index (χ4v) is 4.08. The highest BCUT2D eigenvalue weighted by molar-refractivity contribution is 7.99. The number of thiophene rings is 1. The van der Waals surface area contributed by atoms with Gasteiger partial charge in [0, 0.05) is 22.9 Å². The average molecular weight is 299 g/mol. The van der Waals surface area contributed by atoms with Crippen LogP contribution in [0, 0.1) is 0 Å². The number of rotatable bonds is 4. The number of carboxylic acid groups (broad SMARTS) is 1. The maximum Gasteiger partial charge on any atom is 0.305 e. The molecule has 6 heteroatoms. The van der Waals surface area contributed by atoms with Crippen LogP contribution in [-0.2, 0) is 11.2 Å². The molecule has 0 aliphatic carbocycles. The second-order valence-electron chi connectivity index (χ2n) is 4.44. The molecular formula is C13H17NO3S2. The summed E-state index contributed by atoms with van der Waals surface area (Å²) in [6.45, 7) is 2.70. The second kappa shape index (κ2) is 6.43. The van der Waals surface area contributed by atoms with Gasteiger partial charge in [-0.3, -0.25) is 9.59 Å². The number of hydrogen-bond acceptors (Lipinski definition) is 4. The number of aliphatic carboxylic acids is 1. The Morgan fingerprint density at radius 1 is 1.47 bits per heavy atom. The first-order valence-corrected chi connectivity index (χ1v) is 8.28. The van der Waals surface area contributed by atoms with Gasteiger partial charge in [-0.25, -0.2) is 0 Å². The van der Waals surface area contributed by atoms with Gasteiger partial charge in [0.1, 0.15) is 0 Å². The molecular weight excluding hydrogens is 282 g/mol. The summed E-state index contributed by atoms with van der Waals surface area (Å²) in [6.07, 6.45) is 0.955. The molecule has 104 valence electrons. The van der Waals surface area contributed by atoms with Gasteiger partial charge in [0.25, 0.3) is 5.91 Å². The Morgan fingerprint density at radius 2 is 2.26 bits per heavy atom. The van der Waals surface area contributed by atoms with E-state index >= 15 is 0 Å². The minimum Gasteiger partial charge on any atom is -0.481 e. The van der Waals surface area contributed by atoms with Crippen LogP contribution in [-0.4, -0.2) is 46.0 Å².